The van der Waals surface area contributed by atoms with Gasteiger partial charge in [-0.1, -0.05) is 104 Å². The van der Waals surface area contributed by atoms with Crippen LogP contribution in [0, 0.1) is 0 Å². The molecule has 1 atom stereocenters. The van der Waals surface area contributed by atoms with Crippen LogP contribution in [0.15, 0.2) is 108 Å². The second-order valence-electron chi connectivity index (χ2n) is 10.6. The van der Waals surface area contributed by atoms with Crippen LogP contribution in [0.25, 0.3) is 0 Å². The topological polar surface area (TPSA) is 86.8 Å². The number of anilines is 1. The fourth-order valence-electron chi connectivity index (χ4n) is 4.90. The first-order chi connectivity index (χ1) is 21.6. The summed E-state index contributed by atoms with van der Waals surface area (Å²) in [7, 11) is -4.17. The fourth-order valence-corrected chi connectivity index (χ4v) is 6.80. The standard InChI is InChI=1S/C35H37Cl2N3O4S/c1-3-21-38-35(42)33(22-27-11-7-5-8-12-27)39(24-28-17-18-29(36)23-32(28)37)34(41)25-40(30-19-15-26(4-2)16-20-30)45(43,44)31-13-9-6-10-14-31/h5-20,23,33H,3-4,21-22,24-25H2,1-2H3,(H,38,42)/t33-/m1/s1. The Balaban J connectivity index is 1.81. The Labute approximate surface area is 275 Å². The third kappa shape index (κ3) is 8.87. The number of carbonyl (C=O) groups is 2. The van der Waals surface area contributed by atoms with E-state index in [0.717, 1.165) is 21.9 Å². The molecule has 2 amide bonds. The van der Waals surface area contributed by atoms with Gasteiger partial charge in [0.2, 0.25) is 11.8 Å². The van der Waals surface area contributed by atoms with Crippen LogP contribution in [0.4, 0.5) is 5.69 Å². The van der Waals surface area contributed by atoms with Gasteiger partial charge in [-0.25, -0.2) is 8.42 Å². The van der Waals surface area contributed by atoms with Crippen molar-refractivity contribution in [1.82, 2.24) is 10.2 Å². The maximum absolute atomic E-state index is 14.5. The first kappa shape index (κ1) is 34.0. The maximum Gasteiger partial charge on any atom is 0.264 e. The highest BCUT2D eigenvalue weighted by atomic mass is 35.5. The zero-order valence-electron chi connectivity index (χ0n) is 25.3. The molecule has 0 aliphatic carbocycles. The average molecular weight is 667 g/mol. The number of hydrogen-bond donors (Lipinski definition) is 1. The molecule has 4 rings (SSSR count). The van der Waals surface area contributed by atoms with E-state index in [1.54, 1.807) is 48.5 Å². The molecule has 0 saturated heterocycles. The van der Waals surface area contributed by atoms with E-state index in [0.29, 0.717) is 34.3 Å². The highest BCUT2D eigenvalue weighted by molar-refractivity contribution is 7.92. The summed E-state index contributed by atoms with van der Waals surface area (Å²) in [6.07, 6.45) is 1.69. The summed E-state index contributed by atoms with van der Waals surface area (Å²) in [6.45, 7) is 3.79. The Hall–Kier alpha value is -3.85. The number of halogens is 2. The van der Waals surface area contributed by atoms with Crippen LogP contribution in [-0.4, -0.2) is 44.3 Å². The number of sulfonamides is 1. The molecule has 0 fully saturated rings. The summed E-state index contributed by atoms with van der Waals surface area (Å²) in [5, 5.41) is 3.69. The highest BCUT2D eigenvalue weighted by Gasteiger charge is 2.34. The largest absolute Gasteiger partial charge is 0.354 e. The van der Waals surface area contributed by atoms with Gasteiger partial charge in [0.1, 0.15) is 12.6 Å². The first-order valence-electron chi connectivity index (χ1n) is 14.9. The third-order valence-electron chi connectivity index (χ3n) is 7.42. The number of rotatable bonds is 14. The second-order valence-corrected chi connectivity index (χ2v) is 13.3. The molecular formula is C35H37Cl2N3O4S. The van der Waals surface area contributed by atoms with E-state index >= 15 is 0 Å². The van der Waals surface area contributed by atoms with Gasteiger partial charge in [-0.05, 0) is 65.9 Å². The number of benzene rings is 4. The summed E-state index contributed by atoms with van der Waals surface area (Å²) in [6, 6.07) is 28.4. The summed E-state index contributed by atoms with van der Waals surface area (Å²) in [4.78, 5) is 29.7. The van der Waals surface area contributed by atoms with Gasteiger partial charge in [0, 0.05) is 29.6 Å². The van der Waals surface area contributed by atoms with Crippen molar-refractivity contribution in [2.24, 2.45) is 0 Å². The van der Waals surface area contributed by atoms with Crippen molar-refractivity contribution in [2.45, 2.75) is 50.6 Å². The van der Waals surface area contributed by atoms with Gasteiger partial charge in [-0.15, -0.1) is 0 Å². The van der Waals surface area contributed by atoms with Gasteiger partial charge in [-0.2, -0.15) is 0 Å². The quantitative estimate of drug-likeness (QED) is 0.158. The van der Waals surface area contributed by atoms with Crippen molar-refractivity contribution in [2.75, 3.05) is 17.4 Å². The van der Waals surface area contributed by atoms with Crippen LogP contribution in [0.2, 0.25) is 10.0 Å². The maximum atomic E-state index is 14.5. The van der Waals surface area contributed by atoms with Crippen LogP contribution in [0.5, 0.6) is 0 Å². The van der Waals surface area contributed by atoms with Crippen molar-refractivity contribution in [3.63, 3.8) is 0 Å². The van der Waals surface area contributed by atoms with Gasteiger partial charge in [0.25, 0.3) is 10.0 Å². The Kier molecular flexibility index (Phi) is 12.0. The van der Waals surface area contributed by atoms with E-state index in [1.807, 2.05) is 56.3 Å². The SMILES string of the molecule is CCCNC(=O)[C@@H](Cc1ccccc1)N(Cc1ccc(Cl)cc1Cl)C(=O)CN(c1ccc(CC)cc1)S(=O)(=O)c1ccccc1. The molecule has 0 aromatic heterocycles. The summed E-state index contributed by atoms with van der Waals surface area (Å²) in [5.41, 5.74) is 2.78. The molecule has 0 bridgehead atoms. The monoisotopic (exact) mass is 665 g/mol. The minimum Gasteiger partial charge on any atom is -0.354 e. The molecule has 4 aromatic carbocycles. The first-order valence-corrected chi connectivity index (χ1v) is 17.0. The minimum atomic E-state index is -4.17. The molecule has 0 radical (unpaired) electrons. The van der Waals surface area contributed by atoms with Crippen LogP contribution in [0.3, 0.4) is 0 Å². The molecule has 4 aromatic rings. The third-order valence-corrected chi connectivity index (χ3v) is 9.79. The van der Waals surface area contributed by atoms with Gasteiger partial charge in [0.15, 0.2) is 0 Å². The van der Waals surface area contributed by atoms with Crippen molar-refractivity contribution >= 4 is 50.7 Å². The number of hydrogen-bond acceptors (Lipinski definition) is 4. The van der Waals surface area contributed by atoms with Gasteiger partial charge < -0.3 is 10.2 Å². The van der Waals surface area contributed by atoms with Crippen LogP contribution >= 0.6 is 23.2 Å². The Bertz CT molecular complexity index is 1690. The molecule has 7 nitrogen and oxygen atoms in total. The van der Waals surface area contributed by atoms with Crippen LogP contribution in [0.1, 0.15) is 37.0 Å². The molecule has 0 spiro atoms. The summed E-state index contributed by atoms with van der Waals surface area (Å²) in [5.74, 6) is -0.906. The van der Waals surface area contributed by atoms with E-state index in [9.17, 15) is 18.0 Å². The molecule has 0 aliphatic rings. The van der Waals surface area contributed by atoms with E-state index < -0.39 is 28.5 Å². The molecule has 1 N–H and O–H groups in total. The number of nitrogens with zero attached hydrogens (tertiary/aromatic N) is 2. The fraction of sp³-hybridized carbons (Fsp3) is 0.257. The Morgan fingerprint density at radius 2 is 1.47 bits per heavy atom. The summed E-state index contributed by atoms with van der Waals surface area (Å²) < 4.78 is 29.2. The predicted octanol–water partition coefficient (Wildman–Crippen LogP) is 6.92. The molecule has 0 unspecified atom stereocenters. The normalized spacial score (nSPS) is 11.9. The zero-order valence-corrected chi connectivity index (χ0v) is 27.7. The number of amides is 2. The predicted molar refractivity (Wildman–Crippen MR) is 181 cm³/mol. The van der Waals surface area contributed by atoms with E-state index in [4.69, 9.17) is 23.2 Å². The second kappa shape index (κ2) is 15.9. The lowest BCUT2D eigenvalue weighted by Gasteiger charge is -2.34. The molecule has 0 aliphatic heterocycles. The molecular weight excluding hydrogens is 629 g/mol. The van der Waals surface area contributed by atoms with Crippen LogP contribution < -0.4 is 9.62 Å². The van der Waals surface area contributed by atoms with Gasteiger partial charge >= 0.3 is 0 Å². The van der Waals surface area contributed by atoms with Crippen molar-refractivity contribution in [1.29, 1.82) is 0 Å². The number of aryl methyl sites for hydroxylation is 1. The van der Waals surface area contributed by atoms with E-state index in [1.165, 1.54) is 17.0 Å². The molecule has 10 heteroatoms. The molecule has 0 saturated carbocycles. The van der Waals surface area contributed by atoms with Crippen molar-refractivity contribution in [3.8, 4) is 0 Å². The van der Waals surface area contributed by atoms with E-state index in [2.05, 4.69) is 5.32 Å². The number of carbonyl (C=O) groups excluding carboxylic acids is 2. The summed E-state index contributed by atoms with van der Waals surface area (Å²) >= 11 is 12.7. The smallest absolute Gasteiger partial charge is 0.264 e. The lowest BCUT2D eigenvalue weighted by molar-refractivity contribution is -0.140. The van der Waals surface area contributed by atoms with Gasteiger partial charge in [-0.3, -0.25) is 13.9 Å². The van der Waals surface area contributed by atoms with Gasteiger partial charge in [0.05, 0.1) is 10.6 Å². The molecule has 45 heavy (non-hydrogen) atoms. The highest BCUT2D eigenvalue weighted by Crippen LogP contribution is 2.27. The Morgan fingerprint density at radius 3 is 2.07 bits per heavy atom. The van der Waals surface area contributed by atoms with Crippen LogP contribution in [-0.2, 0) is 39.0 Å². The zero-order chi connectivity index (χ0) is 32.4. The van der Waals surface area contributed by atoms with Crippen molar-refractivity contribution in [3.05, 3.63) is 130 Å². The lowest BCUT2D eigenvalue weighted by atomic mass is 10.0. The van der Waals surface area contributed by atoms with Crippen molar-refractivity contribution < 1.29 is 18.0 Å². The Morgan fingerprint density at radius 1 is 0.822 bits per heavy atom. The van der Waals surface area contributed by atoms with E-state index in [-0.39, 0.29) is 23.8 Å². The molecule has 0 heterocycles. The molecule has 236 valence electrons. The minimum absolute atomic E-state index is 0.0418. The average Bonchev–Trinajstić information content (AvgIpc) is 3.05. The lowest BCUT2D eigenvalue weighted by Crippen LogP contribution is -2.53. The number of nitrogens with one attached hydrogen (secondary N) is 1.